The van der Waals surface area contributed by atoms with E-state index in [1.165, 1.54) is 0 Å². The summed E-state index contributed by atoms with van der Waals surface area (Å²) in [5.74, 6) is 0. The average Bonchev–Trinajstić information content (AvgIpc) is 2.89. The molecule has 2 heterocycles. The molecular formula is C18H22N4O. The van der Waals surface area contributed by atoms with Crippen molar-refractivity contribution in [1.82, 2.24) is 14.5 Å². The first-order valence-electron chi connectivity index (χ1n) is 7.74. The molecule has 0 bridgehead atoms. The predicted molar refractivity (Wildman–Crippen MR) is 93.0 cm³/mol. The van der Waals surface area contributed by atoms with Crippen LogP contribution in [0, 0.1) is 0 Å². The molecule has 0 aliphatic carbocycles. The lowest BCUT2D eigenvalue weighted by Crippen LogP contribution is -2.20. The quantitative estimate of drug-likeness (QED) is 0.764. The van der Waals surface area contributed by atoms with Crippen LogP contribution < -0.4 is 11.4 Å². The number of hydrogen-bond acceptors (Lipinski definition) is 3. The van der Waals surface area contributed by atoms with E-state index in [9.17, 15) is 4.79 Å². The number of H-pyrrole nitrogens is 1. The van der Waals surface area contributed by atoms with Crippen molar-refractivity contribution in [3.63, 3.8) is 0 Å². The average molecular weight is 310 g/mol. The molecule has 1 aromatic carbocycles. The number of nitrogens with zero attached hydrogens (tertiary/aromatic N) is 2. The first-order valence-corrected chi connectivity index (χ1v) is 7.74. The van der Waals surface area contributed by atoms with Crippen molar-refractivity contribution < 1.29 is 0 Å². The highest BCUT2D eigenvalue weighted by molar-refractivity contribution is 5.76. The Morgan fingerprint density at radius 2 is 1.87 bits per heavy atom. The fourth-order valence-corrected chi connectivity index (χ4v) is 2.52. The number of aromatic nitrogens is 3. The lowest BCUT2D eigenvalue weighted by Gasteiger charge is -2.15. The molecule has 3 aromatic rings. The second-order valence-corrected chi connectivity index (χ2v) is 7.01. The highest BCUT2D eigenvalue weighted by Crippen LogP contribution is 2.24. The number of rotatable bonds is 2. The third kappa shape index (κ3) is 2.92. The standard InChI is InChI=1S/C18H22N4O/c1-11(19)12-5-7-14(8-6-12)22-10-13-9-15(18(2,3)4)20-16(13)21-17(22)23/h5-11H,19H2,1-4H3,(H,20,21,23)/t11-/m0/s1. The molecule has 0 aliphatic heterocycles. The fraction of sp³-hybridized carbons (Fsp3) is 0.333. The minimum absolute atomic E-state index is 0.0203. The van der Waals surface area contributed by atoms with Crippen LogP contribution >= 0.6 is 0 Å². The van der Waals surface area contributed by atoms with E-state index in [1.807, 2.05) is 37.4 Å². The highest BCUT2D eigenvalue weighted by Gasteiger charge is 2.17. The van der Waals surface area contributed by atoms with Crippen molar-refractivity contribution >= 4 is 11.0 Å². The van der Waals surface area contributed by atoms with Gasteiger partial charge in [-0.3, -0.25) is 4.57 Å². The fourth-order valence-electron chi connectivity index (χ4n) is 2.52. The van der Waals surface area contributed by atoms with Crippen molar-refractivity contribution in [1.29, 1.82) is 0 Å². The molecule has 0 spiro atoms. The van der Waals surface area contributed by atoms with E-state index in [0.29, 0.717) is 5.65 Å². The van der Waals surface area contributed by atoms with Crippen molar-refractivity contribution in [3.8, 4) is 5.69 Å². The van der Waals surface area contributed by atoms with E-state index in [0.717, 1.165) is 22.3 Å². The minimum atomic E-state index is -0.298. The summed E-state index contributed by atoms with van der Waals surface area (Å²) in [5, 5.41) is 0.922. The van der Waals surface area contributed by atoms with Gasteiger partial charge in [-0.2, -0.15) is 4.98 Å². The van der Waals surface area contributed by atoms with Gasteiger partial charge in [0.1, 0.15) is 5.65 Å². The summed E-state index contributed by atoms with van der Waals surface area (Å²) in [6.07, 6.45) is 1.83. The summed E-state index contributed by atoms with van der Waals surface area (Å²) in [6, 6.07) is 9.69. The molecule has 0 saturated carbocycles. The van der Waals surface area contributed by atoms with Gasteiger partial charge >= 0.3 is 5.69 Å². The van der Waals surface area contributed by atoms with E-state index in [2.05, 4.69) is 36.8 Å². The molecule has 3 N–H and O–H groups in total. The van der Waals surface area contributed by atoms with E-state index in [4.69, 9.17) is 5.73 Å². The van der Waals surface area contributed by atoms with Crippen LogP contribution in [0.5, 0.6) is 0 Å². The zero-order valence-electron chi connectivity index (χ0n) is 13.9. The molecule has 0 unspecified atom stereocenters. The Morgan fingerprint density at radius 3 is 2.43 bits per heavy atom. The van der Waals surface area contributed by atoms with Gasteiger partial charge in [-0.05, 0) is 30.7 Å². The molecular weight excluding hydrogens is 288 g/mol. The van der Waals surface area contributed by atoms with Crippen LogP contribution in [0.4, 0.5) is 0 Å². The maximum atomic E-state index is 12.3. The van der Waals surface area contributed by atoms with Gasteiger partial charge in [0.15, 0.2) is 0 Å². The molecule has 3 rings (SSSR count). The van der Waals surface area contributed by atoms with Crippen LogP contribution in [0.2, 0.25) is 0 Å². The first kappa shape index (κ1) is 15.5. The van der Waals surface area contributed by atoms with Crippen LogP contribution in [0.15, 0.2) is 41.3 Å². The lowest BCUT2D eigenvalue weighted by molar-refractivity contribution is 0.574. The van der Waals surface area contributed by atoms with Crippen molar-refractivity contribution in [2.45, 2.75) is 39.2 Å². The highest BCUT2D eigenvalue weighted by atomic mass is 16.1. The van der Waals surface area contributed by atoms with Crippen LogP contribution in [0.3, 0.4) is 0 Å². The topological polar surface area (TPSA) is 76.7 Å². The molecule has 0 fully saturated rings. The molecule has 0 radical (unpaired) electrons. The maximum absolute atomic E-state index is 12.3. The number of aromatic amines is 1. The second-order valence-electron chi connectivity index (χ2n) is 7.01. The summed E-state index contributed by atoms with van der Waals surface area (Å²) >= 11 is 0. The van der Waals surface area contributed by atoms with Gasteiger partial charge in [0.05, 0.1) is 5.69 Å². The first-order chi connectivity index (χ1) is 10.8. The molecule has 0 saturated heterocycles. The molecule has 23 heavy (non-hydrogen) atoms. The molecule has 1 atom stereocenters. The minimum Gasteiger partial charge on any atom is -0.343 e. The summed E-state index contributed by atoms with van der Waals surface area (Å²) in [7, 11) is 0. The van der Waals surface area contributed by atoms with Gasteiger partial charge in [-0.25, -0.2) is 4.79 Å². The summed E-state index contributed by atoms with van der Waals surface area (Å²) in [6.45, 7) is 8.30. The van der Waals surface area contributed by atoms with Gasteiger partial charge in [0.25, 0.3) is 0 Å². The Balaban J connectivity index is 2.10. The molecule has 5 nitrogen and oxygen atoms in total. The smallest absolute Gasteiger partial charge is 0.343 e. The lowest BCUT2D eigenvalue weighted by atomic mass is 9.92. The third-order valence-electron chi connectivity index (χ3n) is 4.01. The van der Waals surface area contributed by atoms with Crippen LogP contribution in [0.25, 0.3) is 16.7 Å². The van der Waals surface area contributed by atoms with Crippen molar-refractivity contribution in [3.05, 3.63) is 58.3 Å². The van der Waals surface area contributed by atoms with Gasteiger partial charge in [-0.15, -0.1) is 0 Å². The van der Waals surface area contributed by atoms with E-state index in [-0.39, 0.29) is 17.1 Å². The van der Waals surface area contributed by atoms with Gasteiger partial charge < -0.3 is 10.7 Å². The normalized spacial score (nSPS) is 13.4. The van der Waals surface area contributed by atoms with Crippen LogP contribution in [0.1, 0.15) is 45.0 Å². The summed E-state index contributed by atoms with van der Waals surface area (Å²) < 4.78 is 1.56. The van der Waals surface area contributed by atoms with E-state index >= 15 is 0 Å². The number of nitrogens with two attached hydrogens (primary N) is 1. The van der Waals surface area contributed by atoms with E-state index in [1.54, 1.807) is 4.57 Å². The number of benzene rings is 1. The van der Waals surface area contributed by atoms with Crippen molar-refractivity contribution in [2.75, 3.05) is 0 Å². The van der Waals surface area contributed by atoms with E-state index < -0.39 is 0 Å². The van der Waals surface area contributed by atoms with Gasteiger partial charge in [-0.1, -0.05) is 32.9 Å². The molecule has 5 heteroatoms. The molecule has 2 aromatic heterocycles. The Kier molecular flexibility index (Phi) is 3.60. The third-order valence-corrected chi connectivity index (χ3v) is 4.01. The Morgan fingerprint density at radius 1 is 1.22 bits per heavy atom. The maximum Gasteiger partial charge on any atom is 0.354 e. The van der Waals surface area contributed by atoms with Gasteiger partial charge in [0, 0.05) is 28.7 Å². The molecule has 120 valence electrons. The Hall–Kier alpha value is -2.40. The number of fused-ring (bicyclic) bond motifs is 1. The zero-order valence-corrected chi connectivity index (χ0v) is 13.9. The number of nitrogens with one attached hydrogen (secondary N) is 1. The zero-order chi connectivity index (χ0) is 16.8. The van der Waals surface area contributed by atoms with Crippen LogP contribution in [-0.4, -0.2) is 14.5 Å². The Labute approximate surface area is 135 Å². The molecule has 0 amide bonds. The predicted octanol–water partition coefficient (Wildman–Crippen LogP) is 3.03. The second kappa shape index (κ2) is 5.35. The monoisotopic (exact) mass is 310 g/mol. The Bertz CT molecular complexity index is 895. The van der Waals surface area contributed by atoms with Crippen LogP contribution in [-0.2, 0) is 5.41 Å². The summed E-state index contributed by atoms with van der Waals surface area (Å²) in [4.78, 5) is 19.7. The molecule has 0 aliphatic rings. The number of hydrogen-bond donors (Lipinski definition) is 2. The van der Waals surface area contributed by atoms with Gasteiger partial charge in [0.2, 0.25) is 0 Å². The largest absolute Gasteiger partial charge is 0.354 e. The van der Waals surface area contributed by atoms with Crippen molar-refractivity contribution in [2.24, 2.45) is 5.73 Å². The SMILES string of the molecule is C[C@H](N)c1ccc(-n2cc3cc(C(C)(C)C)[nH]c3nc2=O)cc1. The summed E-state index contributed by atoms with van der Waals surface area (Å²) in [5.41, 5.74) is 9.05.